The van der Waals surface area contributed by atoms with Crippen LogP contribution in [0, 0.1) is 0 Å². The first kappa shape index (κ1) is 16.8. The first-order valence-corrected chi connectivity index (χ1v) is 9.53. The minimum Gasteiger partial charge on any atom is -0.491 e. The number of ether oxygens (including phenoxy) is 1. The molecular weight excluding hydrogens is 352 g/mol. The Bertz CT molecular complexity index is 1130. The van der Waals surface area contributed by atoms with Gasteiger partial charge in [-0.3, -0.25) is 5.10 Å². The summed E-state index contributed by atoms with van der Waals surface area (Å²) < 4.78 is 8.05. The normalized spacial score (nSPS) is 13.9. The summed E-state index contributed by atoms with van der Waals surface area (Å²) >= 11 is 0. The van der Waals surface area contributed by atoms with Crippen LogP contribution in [0.5, 0.6) is 5.75 Å². The average Bonchev–Trinajstić information content (AvgIpc) is 3.33. The Morgan fingerprint density at radius 3 is 2.89 bits per heavy atom. The van der Waals surface area contributed by atoms with Crippen LogP contribution >= 0.6 is 0 Å². The molecule has 5 rings (SSSR count). The lowest BCUT2D eigenvalue weighted by Gasteiger charge is -2.28. The maximum Gasteiger partial charge on any atom is 0.129 e. The number of nitrogens with zero attached hydrogens (tertiary/aromatic N) is 5. The maximum absolute atomic E-state index is 5.86. The van der Waals surface area contributed by atoms with Crippen molar-refractivity contribution in [2.45, 2.75) is 33.0 Å². The van der Waals surface area contributed by atoms with Gasteiger partial charge in [0.1, 0.15) is 23.1 Å². The van der Waals surface area contributed by atoms with Crippen LogP contribution in [0.2, 0.25) is 0 Å². The Balaban J connectivity index is 1.50. The summed E-state index contributed by atoms with van der Waals surface area (Å²) in [7, 11) is 0. The molecule has 1 aliphatic heterocycles. The summed E-state index contributed by atoms with van der Waals surface area (Å²) in [6.45, 7) is 6.65. The molecular formula is C21H22N6O. The van der Waals surface area contributed by atoms with Gasteiger partial charge in [-0.2, -0.15) is 5.10 Å². The molecule has 0 unspecified atom stereocenters. The van der Waals surface area contributed by atoms with Gasteiger partial charge >= 0.3 is 0 Å². The third kappa shape index (κ3) is 2.98. The monoisotopic (exact) mass is 374 g/mol. The number of aromatic amines is 1. The number of imidazole rings is 1. The lowest BCUT2D eigenvalue weighted by Crippen LogP contribution is -2.34. The Morgan fingerprint density at radius 2 is 2.00 bits per heavy atom. The van der Waals surface area contributed by atoms with Crippen molar-refractivity contribution >= 4 is 16.7 Å². The highest BCUT2D eigenvalue weighted by atomic mass is 16.5. The average molecular weight is 374 g/mol. The van der Waals surface area contributed by atoms with E-state index in [-0.39, 0.29) is 6.10 Å². The molecule has 0 atom stereocenters. The van der Waals surface area contributed by atoms with Crippen molar-refractivity contribution in [3.8, 4) is 17.0 Å². The molecule has 0 spiro atoms. The number of rotatable bonds is 4. The van der Waals surface area contributed by atoms with Gasteiger partial charge in [0.15, 0.2) is 0 Å². The number of fused-ring (bicyclic) bond motifs is 2. The third-order valence-electron chi connectivity index (χ3n) is 4.99. The Kier molecular flexibility index (Phi) is 4.00. The fourth-order valence-electron chi connectivity index (χ4n) is 3.67. The van der Waals surface area contributed by atoms with Crippen LogP contribution in [0.4, 0.5) is 5.82 Å². The number of benzene rings is 1. The quantitative estimate of drug-likeness (QED) is 0.591. The topological polar surface area (TPSA) is 71.9 Å². The molecule has 0 aliphatic carbocycles. The number of anilines is 1. The number of pyridine rings is 1. The van der Waals surface area contributed by atoms with Gasteiger partial charge in [0, 0.05) is 42.6 Å². The smallest absolute Gasteiger partial charge is 0.129 e. The highest BCUT2D eigenvalue weighted by Gasteiger charge is 2.19. The molecule has 7 nitrogen and oxygen atoms in total. The highest BCUT2D eigenvalue weighted by Crippen LogP contribution is 2.31. The van der Waals surface area contributed by atoms with Crippen molar-refractivity contribution in [3.05, 3.63) is 54.7 Å². The minimum absolute atomic E-state index is 0.131. The summed E-state index contributed by atoms with van der Waals surface area (Å²) in [4.78, 5) is 11.3. The van der Waals surface area contributed by atoms with E-state index in [1.807, 2.05) is 56.7 Å². The van der Waals surface area contributed by atoms with E-state index in [9.17, 15) is 0 Å². The van der Waals surface area contributed by atoms with E-state index in [1.165, 1.54) is 0 Å². The van der Waals surface area contributed by atoms with E-state index in [1.54, 1.807) is 0 Å². The molecule has 28 heavy (non-hydrogen) atoms. The van der Waals surface area contributed by atoms with Crippen LogP contribution in [-0.2, 0) is 13.1 Å². The molecule has 0 fully saturated rings. The van der Waals surface area contributed by atoms with E-state index in [2.05, 4.69) is 35.7 Å². The standard InChI is InChI=1S/C21H22N6O/c1-14(2)28-16-3-4-18-17(12-16)21(25-24-18)15-5-6-22-19(11-15)27-10-9-26-8-7-23-20(26)13-27/h3-8,11-12,14H,9-10,13H2,1-2H3,(H,24,25). The number of hydrogen-bond acceptors (Lipinski definition) is 5. The van der Waals surface area contributed by atoms with E-state index in [0.29, 0.717) is 0 Å². The minimum atomic E-state index is 0.131. The Labute approximate surface area is 163 Å². The fraction of sp³-hybridized carbons (Fsp3) is 0.286. The van der Waals surface area contributed by atoms with E-state index >= 15 is 0 Å². The molecule has 0 amide bonds. The second kappa shape index (κ2) is 6.67. The number of aromatic nitrogens is 5. The zero-order valence-corrected chi connectivity index (χ0v) is 16.0. The molecule has 7 heteroatoms. The van der Waals surface area contributed by atoms with Crippen molar-refractivity contribution in [2.75, 3.05) is 11.4 Å². The predicted molar refractivity (Wildman–Crippen MR) is 108 cm³/mol. The molecule has 142 valence electrons. The summed E-state index contributed by atoms with van der Waals surface area (Å²) in [5, 5.41) is 8.73. The molecule has 0 bridgehead atoms. The van der Waals surface area contributed by atoms with Crippen molar-refractivity contribution in [1.82, 2.24) is 24.7 Å². The predicted octanol–water partition coefficient (Wildman–Crippen LogP) is 3.63. The number of nitrogens with one attached hydrogen (secondary N) is 1. The van der Waals surface area contributed by atoms with Crippen LogP contribution in [0.15, 0.2) is 48.9 Å². The van der Waals surface area contributed by atoms with Crippen LogP contribution in [0.1, 0.15) is 19.7 Å². The van der Waals surface area contributed by atoms with Crippen LogP contribution in [-0.4, -0.2) is 37.4 Å². The SMILES string of the molecule is CC(C)Oc1ccc2[nH]nc(-c3ccnc(N4CCn5ccnc5C4)c3)c2c1. The first-order chi connectivity index (χ1) is 13.7. The number of hydrogen-bond donors (Lipinski definition) is 1. The van der Waals surface area contributed by atoms with Crippen molar-refractivity contribution < 1.29 is 4.74 Å². The molecule has 4 heterocycles. The molecule has 4 aromatic rings. The van der Waals surface area contributed by atoms with E-state index < -0.39 is 0 Å². The van der Waals surface area contributed by atoms with Gasteiger partial charge in [0.2, 0.25) is 0 Å². The zero-order chi connectivity index (χ0) is 19.1. The van der Waals surface area contributed by atoms with Gasteiger partial charge in [-0.05, 0) is 44.2 Å². The Hall–Kier alpha value is -3.35. The van der Waals surface area contributed by atoms with Gasteiger partial charge < -0.3 is 14.2 Å². The summed E-state index contributed by atoms with van der Waals surface area (Å²) in [5.74, 6) is 2.86. The van der Waals surface area contributed by atoms with Crippen LogP contribution in [0.25, 0.3) is 22.2 Å². The summed E-state index contributed by atoms with van der Waals surface area (Å²) in [6, 6.07) is 10.1. The molecule has 1 aromatic carbocycles. The van der Waals surface area contributed by atoms with Gasteiger partial charge in [0.05, 0.1) is 18.2 Å². The summed E-state index contributed by atoms with van der Waals surface area (Å²) in [6.07, 6.45) is 5.87. The molecule has 1 aliphatic rings. The lowest BCUT2D eigenvalue weighted by molar-refractivity contribution is 0.243. The first-order valence-electron chi connectivity index (χ1n) is 9.53. The molecule has 1 N–H and O–H groups in total. The molecule has 0 saturated heterocycles. The van der Waals surface area contributed by atoms with Gasteiger partial charge in [-0.25, -0.2) is 9.97 Å². The highest BCUT2D eigenvalue weighted by molar-refractivity contribution is 5.94. The van der Waals surface area contributed by atoms with E-state index in [0.717, 1.165) is 59.2 Å². The maximum atomic E-state index is 5.86. The Morgan fingerprint density at radius 1 is 1.07 bits per heavy atom. The van der Waals surface area contributed by atoms with Crippen LogP contribution < -0.4 is 9.64 Å². The van der Waals surface area contributed by atoms with Crippen LogP contribution in [0.3, 0.4) is 0 Å². The second-order valence-corrected chi connectivity index (χ2v) is 7.31. The van der Waals surface area contributed by atoms with Crippen molar-refractivity contribution in [2.24, 2.45) is 0 Å². The van der Waals surface area contributed by atoms with E-state index in [4.69, 9.17) is 4.74 Å². The van der Waals surface area contributed by atoms with Gasteiger partial charge in [-0.1, -0.05) is 0 Å². The van der Waals surface area contributed by atoms with Crippen molar-refractivity contribution in [3.63, 3.8) is 0 Å². The van der Waals surface area contributed by atoms with Gasteiger partial charge in [0.25, 0.3) is 0 Å². The molecule has 0 radical (unpaired) electrons. The van der Waals surface area contributed by atoms with Crippen molar-refractivity contribution in [1.29, 1.82) is 0 Å². The third-order valence-corrected chi connectivity index (χ3v) is 4.99. The molecule has 3 aromatic heterocycles. The second-order valence-electron chi connectivity index (χ2n) is 7.31. The van der Waals surface area contributed by atoms with Gasteiger partial charge in [-0.15, -0.1) is 0 Å². The number of H-pyrrole nitrogens is 1. The fourth-order valence-corrected chi connectivity index (χ4v) is 3.67. The summed E-state index contributed by atoms with van der Waals surface area (Å²) in [5.41, 5.74) is 2.93. The largest absolute Gasteiger partial charge is 0.491 e. The zero-order valence-electron chi connectivity index (χ0n) is 16.0. The lowest BCUT2D eigenvalue weighted by atomic mass is 10.1. The molecule has 0 saturated carbocycles.